The van der Waals surface area contributed by atoms with Crippen LogP contribution in [0, 0.1) is 11.3 Å². The average Bonchev–Trinajstić information content (AvgIpc) is 2.62. The van der Waals surface area contributed by atoms with E-state index in [9.17, 15) is 0 Å². The molecule has 0 aliphatic carbocycles. The predicted molar refractivity (Wildman–Crippen MR) is 93.0 cm³/mol. The molecule has 2 aromatic carbocycles. The second-order valence-electron chi connectivity index (χ2n) is 4.96. The van der Waals surface area contributed by atoms with Crippen molar-refractivity contribution < 1.29 is 0 Å². The Morgan fingerprint density at radius 2 is 1.79 bits per heavy atom. The van der Waals surface area contributed by atoms with Crippen LogP contribution in [0.2, 0.25) is 5.02 Å². The van der Waals surface area contributed by atoms with Crippen molar-refractivity contribution in [3.63, 3.8) is 0 Å². The van der Waals surface area contributed by atoms with Gasteiger partial charge in [0.05, 0.1) is 17.8 Å². The molecule has 6 nitrogen and oxygen atoms in total. The van der Waals surface area contributed by atoms with Crippen molar-refractivity contribution in [3.05, 3.63) is 70.9 Å². The summed E-state index contributed by atoms with van der Waals surface area (Å²) in [6.45, 7) is 0.603. The molecule has 3 rings (SSSR count). The normalized spacial score (nSPS) is 10.0. The van der Waals surface area contributed by atoms with Crippen LogP contribution in [0.3, 0.4) is 0 Å². The third-order valence-corrected chi connectivity index (χ3v) is 3.47. The third kappa shape index (κ3) is 4.18. The highest BCUT2D eigenvalue weighted by atomic mass is 35.5. The lowest BCUT2D eigenvalue weighted by molar-refractivity contribution is 0.966. The molecule has 118 valence electrons. The minimum atomic E-state index is 0.376. The van der Waals surface area contributed by atoms with Gasteiger partial charge in [0.1, 0.15) is 0 Å². The van der Waals surface area contributed by atoms with Crippen LogP contribution in [-0.2, 0) is 6.54 Å². The number of aromatic nitrogens is 3. The fraction of sp³-hybridized carbons (Fsp3) is 0.0588. The Hall–Kier alpha value is -3.17. The molecule has 0 aliphatic heterocycles. The molecule has 0 bridgehead atoms. The number of halogens is 1. The van der Waals surface area contributed by atoms with Crippen LogP contribution < -0.4 is 10.6 Å². The largest absolute Gasteiger partial charge is 0.365 e. The van der Waals surface area contributed by atoms with Crippen molar-refractivity contribution in [1.29, 1.82) is 5.26 Å². The second-order valence-corrected chi connectivity index (χ2v) is 5.40. The fourth-order valence-corrected chi connectivity index (χ4v) is 2.12. The predicted octanol–water partition coefficient (Wildman–Crippen LogP) is 3.75. The number of anilines is 3. The van der Waals surface area contributed by atoms with Gasteiger partial charge in [0.25, 0.3) is 0 Å². The molecule has 0 fully saturated rings. The maximum absolute atomic E-state index is 8.80. The monoisotopic (exact) mass is 336 g/mol. The highest BCUT2D eigenvalue weighted by Crippen LogP contribution is 2.15. The summed E-state index contributed by atoms with van der Waals surface area (Å²) < 4.78 is 0. The molecule has 0 saturated carbocycles. The van der Waals surface area contributed by atoms with Crippen LogP contribution in [0.15, 0.2) is 54.7 Å². The van der Waals surface area contributed by atoms with Crippen molar-refractivity contribution in [1.82, 2.24) is 15.2 Å². The first-order chi connectivity index (χ1) is 11.7. The molecule has 0 radical (unpaired) electrons. The van der Waals surface area contributed by atoms with Crippen molar-refractivity contribution in [2.45, 2.75) is 6.54 Å². The highest BCUT2D eigenvalue weighted by molar-refractivity contribution is 6.30. The minimum absolute atomic E-state index is 0.376. The molecule has 24 heavy (non-hydrogen) atoms. The van der Waals surface area contributed by atoms with E-state index in [4.69, 9.17) is 16.9 Å². The van der Waals surface area contributed by atoms with Gasteiger partial charge in [-0.15, -0.1) is 5.10 Å². The van der Waals surface area contributed by atoms with Gasteiger partial charge in [-0.1, -0.05) is 23.7 Å². The Bertz CT molecular complexity index is 855. The summed E-state index contributed by atoms with van der Waals surface area (Å²) in [4.78, 5) is 4.36. The van der Waals surface area contributed by atoms with E-state index in [-0.39, 0.29) is 0 Å². The standard InChI is InChI=1S/C17H13ClN6/c18-14-5-1-13(2-6-14)10-20-16-11-21-24-17(23-16)22-15-7-3-12(9-19)4-8-15/h1-8,11H,10H2,(H2,20,22,23,24). The van der Waals surface area contributed by atoms with Gasteiger partial charge in [0, 0.05) is 17.3 Å². The Labute approximate surface area is 144 Å². The van der Waals surface area contributed by atoms with Crippen LogP contribution in [0.1, 0.15) is 11.1 Å². The molecular formula is C17H13ClN6. The summed E-state index contributed by atoms with van der Waals surface area (Å²) >= 11 is 5.87. The molecule has 0 aliphatic rings. The van der Waals surface area contributed by atoms with E-state index in [1.54, 1.807) is 30.5 Å². The van der Waals surface area contributed by atoms with E-state index in [0.29, 0.717) is 28.9 Å². The first kappa shape index (κ1) is 15.7. The number of nitrogens with zero attached hydrogens (tertiary/aromatic N) is 4. The Morgan fingerprint density at radius 3 is 2.50 bits per heavy atom. The van der Waals surface area contributed by atoms with Gasteiger partial charge in [-0.2, -0.15) is 15.3 Å². The van der Waals surface area contributed by atoms with Crippen LogP contribution >= 0.6 is 11.6 Å². The average molecular weight is 337 g/mol. The lowest BCUT2D eigenvalue weighted by Gasteiger charge is -2.08. The molecule has 0 spiro atoms. The summed E-state index contributed by atoms with van der Waals surface area (Å²) in [5.74, 6) is 0.983. The van der Waals surface area contributed by atoms with E-state index in [2.05, 4.69) is 31.9 Å². The van der Waals surface area contributed by atoms with Gasteiger partial charge in [-0.25, -0.2) is 0 Å². The first-order valence-corrected chi connectivity index (χ1v) is 7.56. The SMILES string of the molecule is N#Cc1ccc(Nc2nncc(NCc3ccc(Cl)cc3)n2)cc1. The molecule has 0 unspecified atom stereocenters. The molecule has 2 N–H and O–H groups in total. The Balaban J connectivity index is 1.65. The van der Waals surface area contributed by atoms with Crippen molar-refractivity contribution in [2.24, 2.45) is 0 Å². The topological polar surface area (TPSA) is 86.5 Å². The summed E-state index contributed by atoms with van der Waals surface area (Å²) in [5, 5.41) is 23.6. The fourth-order valence-electron chi connectivity index (χ4n) is 1.99. The van der Waals surface area contributed by atoms with Gasteiger partial charge >= 0.3 is 0 Å². The summed E-state index contributed by atoms with van der Waals surface area (Å²) in [6, 6.07) is 16.7. The van der Waals surface area contributed by atoms with Crippen molar-refractivity contribution >= 4 is 29.1 Å². The molecule has 3 aromatic rings. The van der Waals surface area contributed by atoms with Crippen LogP contribution in [0.25, 0.3) is 0 Å². The zero-order chi connectivity index (χ0) is 16.8. The molecule has 0 amide bonds. The van der Waals surface area contributed by atoms with E-state index < -0.39 is 0 Å². The molecule has 0 atom stereocenters. The quantitative estimate of drug-likeness (QED) is 0.737. The van der Waals surface area contributed by atoms with Crippen molar-refractivity contribution in [2.75, 3.05) is 10.6 Å². The maximum Gasteiger partial charge on any atom is 0.249 e. The number of hydrogen-bond donors (Lipinski definition) is 2. The highest BCUT2D eigenvalue weighted by Gasteiger charge is 2.02. The number of nitriles is 1. The van der Waals surface area contributed by atoms with Gasteiger partial charge in [0.2, 0.25) is 5.95 Å². The number of nitrogens with one attached hydrogen (secondary N) is 2. The molecule has 7 heteroatoms. The van der Waals surface area contributed by atoms with Crippen LogP contribution in [0.4, 0.5) is 17.5 Å². The number of hydrogen-bond acceptors (Lipinski definition) is 6. The Morgan fingerprint density at radius 1 is 1.04 bits per heavy atom. The number of rotatable bonds is 5. The summed E-state index contributed by atoms with van der Waals surface area (Å²) in [7, 11) is 0. The smallest absolute Gasteiger partial charge is 0.249 e. The Kier molecular flexibility index (Phi) is 4.84. The molecule has 1 aromatic heterocycles. The maximum atomic E-state index is 8.80. The van der Waals surface area contributed by atoms with Gasteiger partial charge in [-0.05, 0) is 42.0 Å². The van der Waals surface area contributed by atoms with Crippen LogP contribution in [0.5, 0.6) is 0 Å². The van der Waals surface area contributed by atoms with Gasteiger partial charge in [0.15, 0.2) is 5.82 Å². The summed E-state index contributed by atoms with van der Waals surface area (Å²) in [6.07, 6.45) is 1.56. The molecule has 0 saturated heterocycles. The summed E-state index contributed by atoms with van der Waals surface area (Å²) in [5.41, 5.74) is 2.46. The van der Waals surface area contributed by atoms with E-state index >= 15 is 0 Å². The van der Waals surface area contributed by atoms with Gasteiger partial charge in [-0.3, -0.25) is 0 Å². The minimum Gasteiger partial charge on any atom is -0.365 e. The molecule has 1 heterocycles. The van der Waals surface area contributed by atoms with Crippen molar-refractivity contribution in [3.8, 4) is 6.07 Å². The first-order valence-electron chi connectivity index (χ1n) is 7.18. The lowest BCUT2D eigenvalue weighted by Crippen LogP contribution is -2.05. The third-order valence-electron chi connectivity index (χ3n) is 3.22. The van der Waals surface area contributed by atoms with Gasteiger partial charge < -0.3 is 10.6 Å². The van der Waals surface area contributed by atoms with Crippen LogP contribution in [-0.4, -0.2) is 15.2 Å². The van der Waals surface area contributed by atoms with E-state index in [1.807, 2.05) is 24.3 Å². The second kappa shape index (κ2) is 7.40. The number of benzene rings is 2. The van der Waals surface area contributed by atoms with E-state index in [0.717, 1.165) is 11.3 Å². The molecular weight excluding hydrogens is 324 g/mol. The zero-order valence-corrected chi connectivity index (χ0v) is 13.3. The van der Waals surface area contributed by atoms with E-state index in [1.165, 1.54) is 0 Å². The zero-order valence-electron chi connectivity index (χ0n) is 12.6. The lowest BCUT2D eigenvalue weighted by atomic mass is 10.2.